The Hall–Kier alpha value is -1.70. The van der Waals surface area contributed by atoms with Crippen molar-refractivity contribution in [1.82, 2.24) is 9.80 Å². The molecule has 1 aromatic carbocycles. The summed E-state index contributed by atoms with van der Waals surface area (Å²) in [6, 6.07) is 4.87. The number of carboxylic acid groups (broad SMARTS) is 2. The minimum absolute atomic E-state index is 0.0222. The molecule has 2 saturated heterocycles. The average Bonchev–Trinajstić information content (AvgIpc) is 3.46. The van der Waals surface area contributed by atoms with Gasteiger partial charge in [0, 0.05) is 40.9 Å². The van der Waals surface area contributed by atoms with Crippen molar-refractivity contribution in [2.24, 2.45) is 5.92 Å². The van der Waals surface area contributed by atoms with Crippen molar-refractivity contribution in [1.29, 1.82) is 0 Å². The van der Waals surface area contributed by atoms with Gasteiger partial charge in [-0.3, -0.25) is 9.59 Å². The number of para-hydroxylation sites is 1. The van der Waals surface area contributed by atoms with Crippen molar-refractivity contribution < 1.29 is 34.5 Å². The predicted molar refractivity (Wildman–Crippen MR) is 136 cm³/mol. The van der Waals surface area contributed by atoms with E-state index in [9.17, 15) is 34.5 Å². The van der Waals surface area contributed by atoms with E-state index < -0.39 is 29.4 Å². The molecule has 3 rings (SSSR count). The summed E-state index contributed by atoms with van der Waals surface area (Å²) in [7, 11) is 2.85. The topological polar surface area (TPSA) is 135 Å². The van der Waals surface area contributed by atoms with Crippen LogP contribution in [-0.4, -0.2) is 89.8 Å². The van der Waals surface area contributed by atoms with E-state index in [1.54, 1.807) is 25.1 Å². The molecule has 0 bridgehead atoms. The third-order valence-corrected chi connectivity index (χ3v) is 10.3. The highest BCUT2D eigenvalue weighted by molar-refractivity contribution is 8.76. The molecule has 2 amide bonds. The van der Waals surface area contributed by atoms with Gasteiger partial charge in [-0.05, 0) is 6.07 Å². The summed E-state index contributed by atoms with van der Waals surface area (Å²) < 4.78 is 0. The first kappa shape index (κ1) is 26.9. The molecule has 13 heteroatoms. The zero-order chi connectivity index (χ0) is 24.8. The van der Waals surface area contributed by atoms with Crippen LogP contribution in [0.5, 0.6) is 5.75 Å². The number of carbonyl (C=O) groups excluding carboxylic acids is 2. The summed E-state index contributed by atoms with van der Waals surface area (Å²) in [6.45, 7) is 1.76. The maximum absolute atomic E-state index is 13.0. The molecule has 4 atom stereocenters. The van der Waals surface area contributed by atoms with E-state index in [4.69, 9.17) is 0 Å². The predicted octanol–water partition coefficient (Wildman–Crippen LogP) is 2.81. The largest absolute Gasteiger partial charge is 0.508 e. The molecular weight excluding hydrogens is 521 g/mol. The van der Waals surface area contributed by atoms with Gasteiger partial charge in [-0.1, -0.05) is 46.7 Å². The molecule has 186 valence electrons. The summed E-state index contributed by atoms with van der Waals surface area (Å²) >= 11 is 2.74. The van der Waals surface area contributed by atoms with Gasteiger partial charge in [0.2, 0.25) is 11.8 Å². The third-order valence-electron chi connectivity index (χ3n) is 5.45. The van der Waals surface area contributed by atoms with Crippen LogP contribution >= 0.6 is 45.1 Å². The Morgan fingerprint density at radius 1 is 1.09 bits per heavy atom. The number of hydrogen-bond donors (Lipinski definition) is 3. The number of amides is 2. The van der Waals surface area contributed by atoms with E-state index in [-0.39, 0.29) is 35.7 Å². The monoisotopic (exact) mass is 546 g/mol. The number of rotatable bonds is 10. The van der Waals surface area contributed by atoms with Crippen molar-refractivity contribution in [2.75, 3.05) is 28.9 Å². The molecule has 2 aliphatic heterocycles. The SMILES string of the molecule is C[C@H](CSSCCC(=O)N1C(c2ccccc2O)SC[C@H]1C(=O)O)C(=O)N1CSC[C@H]1C(=O)O. The number of phenolic OH excluding ortho intramolecular Hbond substituents is 1. The summed E-state index contributed by atoms with van der Waals surface area (Å²) in [5.74, 6) is -0.971. The molecule has 1 aromatic rings. The Kier molecular flexibility index (Phi) is 9.74. The van der Waals surface area contributed by atoms with Crippen LogP contribution < -0.4 is 0 Å². The van der Waals surface area contributed by atoms with Gasteiger partial charge in [-0.2, -0.15) is 0 Å². The van der Waals surface area contributed by atoms with Crippen LogP contribution in [0, 0.1) is 5.92 Å². The number of nitrogens with zero attached hydrogens (tertiary/aromatic N) is 2. The van der Waals surface area contributed by atoms with Gasteiger partial charge in [-0.15, -0.1) is 23.5 Å². The molecule has 2 aliphatic rings. The van der Waals surface area contributed by atoms with Gasteiger partial charge in [0.25, 0.3) is 0 Å². The highest BCUT2D eigenvalue weighted by atomic mass is 33.1. The fourth-order valence-electron chi connectivity index (χ4n) is 3.62. The average molecular weight is 547 g/mol. The van der Waals surface area contributed by atoms with Crippen LogP contribution in [0.2, 0.25) is 0 Å². The number of thioether (sulfide) groups is 2. The van der Waals surface area contributed by atoms with Crippen LogP contribution in [0.15, 0.2) is 24.3 Å². The van der Waals surface area contributed by atoms with Gasteiger partial charge < -0.3 is 25.1 Å². The lowest BCUT2D eigenvalue weighted by Crippen LogP contribution is -2.44. The van der Waals surface area contributed by atoms with Gasteiger partial charge in [-0.25, -0.2) is 9.59 Å². The van der Waals surface area contributed by atoms with Crippen LogP contribution in [-0.2, 0) is 19.2 Å². The van der Waals surface area contributed by atoms with E-state index in [2.05, 4.69) is 0 Å². The van der Waals surface area contributed by atoms with Crippen molar-refractivity contribution in [2.45, 2.75) is 30.8 Å². The lowest BCUT2D eigenvalue weighted by Gasteiger charge is -2.28. The van der Waals surface area contributed by atoms with E-state index in [0.29, 0.717) is 28.7 Å². The normalized spacial score (nSPS) is 23.1. The van der Waals surface area contributed by atoms with E-state index in [1.807, 2.05) is 0 Å². The molecule has 34 heavy (non-hydrogen) atoms. The molecule has 0 radical (unpaired) electrons. The second kappa shape index (κ2) is 12.3. The molecule has 9 nitrogen and oxygen atoms in total. The number of aromatic hydroxyl groups is 1. The smallest absolute Gasteiger partial charge is 0.327 e. The molecule has 0 aromatic heterocycles. The summed E-state index contributed by atoms with van der Waals surface area (Å²) in [4.78, 5) is 51.3. The first-order chi connectivity index (χ1) is 16.2. The van der Waals surface area contributed by atoms with Crippen LogP contribution in [0.4, 0.5) is 0 Å². The molecule has 2 heterocycles. The Labute approximate surface area is 213 Å². The molecule has 3 N–H and O–H groups in total. The second-order valence-electron chi connectivity index (χ2n) is 7.82. The number of phenols is 1. The van der Waals surface area contributed by atoms with Gasteiger partial charge in [0.1, 0.15) is 23.2 Å². The Morgan fingerprint density at radius 3 is 2.47 bits per heavy atom. The van der Waals surface area contributed by atoms with Crippen molar-refractivity contribution in [3.8, 4) is 5.75 Å². The Balaban J connectivity index is 1.49. The van der Waals surface area contributed by atoms with Crippen LogP contribution in [0.25, 0.3) is 0 Å². The Morgan fingerprint density at radius 2 is 1.79 bits per heavy atom. The maximum atomic E-state index is 13.0. The standard InChI is InChI=1S/C21H26N2O7S4/c1-12(18(26)22-11-31-9-14(22)20(27)28)8-34-33-7-6-17(25)23-15(21(29)30)10-32-19(23)13-4-2-3-5-16(13)24/h2-5,12,14-15,19,24H,6-11H2,1H3,(H,27,28)(H,29,30)/t12-,14+,15+,19?/m1/s1. The quantitative estimate of drug-likeness (QED) is 0.295. The molecule has 0 saturated carbocycles. The minimum Gasteiger partial charge on any atom is -0.508 e. The maximum Gasteiger partial charge on any atom is 0.327 e. The zero-order valence-electron chi connectivity index (χ0n) is 18.4. The van der Waals surface area contributed by atoms with Gasteiger partial charge in [0.05, 0.1) is 5.88 Å². The van der Waals surface area contributed by atoms with Crippen molar-refractivity contribution in [3.63, 3.8) is 0 Å². The fourth-order valence-corrected chi connectivity index (χ4v) is 8.57. The number of carbonyl (C=O) groups is 4. The molecule has 1 unspecified atom stereocenters. The number of carboxylic acids is 2. The van der Waals surface area contributed by atoms with E-state index in [0.717, 1.165) is 0 Å². The zero-order valence-corrected chi connectivity index (χ0v) is 21.6. The highest BCUT2D eigenvalue weighted by Crippen LogP contribution is 2.44. The highest BCUT2D eigenvalue weighted by Gasteiger charge is 2.43. The second-order valence-corrected chi connectivity index (χ2v) is 12.6. The van der Waals surface area contributed by atoms with Gasteiger partial charge >= 0.3 is 11.9 Å². The van der Waals surface area contributed by atoms with Gasteiger partial charge in [0.15, 0.2) is 0 Å². The summed E-state index contributed by atoms with van der Waals surface area (Å²) in [5.41, 5.74) is 0.513. The fraction of sp³-hybridized carbons (Fsp3) is 0.524. The number of benzene rings is 1. The Bertz CT molecular complexity index is 934. The number of hydrogen-bond acceptors (Lipinski definition) is 9. The third kappa shape index (κ3) is 6.29. The van der Waals surface area contributed by atoms with E-state index in [1.165, 1.54) is 61.0 Å². The van der Waals surface area contributed by atoms with Crippen molar-refractivity contribution >= 4 is 68.9 Å². The molecule has 2 fully saturated rings. The van der Waals surface area contributed by atoms with Crippen LogP contribution in [0.1, 0.15) is 24.3 Å². The summed E-state index contributed by atoms with van der Waals surface area (Å²) in [6.07, 6.45) is 0.123. The first-order valence-electron chi connectivity index (χ1n) is 10.5. The minimum atomic E-state index is -1.08. The molecular formula is C21H26N2O7S4. The lowest BCUT2D eigenvalue weighted by atomic mass is 10.1. The van der Waals surface area contributed by atoms with Crippen molar-refractivity contribution in [3.05, 3.63) is 29.8 Å². The van der Waals surface area contributed by atoms with E-state index >= 15 is 0 Å². The lowest BCUT2D eigenvalue weighted by molar-refractivity contribution is -0.149. The summed E-state index contributed by atoms with van der Waals surface area (Å²) in [5, 5.41) is 28.5. The van der Waals surface area contributed by atoms with Crippen LogP contribution in [0.3, 0.4) is 0 Å². The molecule has 0 aliphatic carbocycles. The first-order valence-corrected chi connectivity index (χ1v) is 15.2. The number of aliphatic carboxylic acids is 2. The molecule has 0 spiro atoms.